The Balaban J connectivity index is 2.56. The van der Waals surface area contributed by atoms with Crippen LogP contribution in [0.3, 0.4) is 0 Å². The summed E-state index contributed by atoms with van der Waals surface area (Å²) in [7, 11) is 1.60. The molecule has 0 aromatic carbocycles. The summed E-state index contributed by atoms with van der Waals surface area (Å²) in [6, 6.07) is 0. The molecule has 1 rings (SSSR count). The van der Waals surface area contributed by atoms with E-state index < -0.39 is 5.97 Å². The van der Waals surface area contributed by atoms with Crippen LogP contribution in [0.25, 0.3) is 0 Å². The zero-order chi connectivity index (χ0) is 9.14. The number of carboxylic acid groups (broad SMARTS) is 1. The van der Waals surface area contributed by atoms with Crippen LogP contribution in [0.2, 0.25) is 0 Å². The molecule has 3 heteroatoms. The second kappa shape index (κ2) is 3.90. The Morgan fingerprint density at radius 3 is 2.67 bits per heavy atom. The SMILES string of the molecule is CO[C@H]1C[C@@H](C)CC[C@H]1C(=O)O. The zero-order valence-electron chi connectivity index (χ0n) is 7.62. The van der Waals surface area contributed by atoms with E-state index >= 15 is 0 Å². The van der Waals surface area contributed by atoms with Crippen molar-refractivity contribution in [1.29, 1.82) is 0 Å². The van der Waals surface area contributed by atoms with Crippen LogP contribution in [0, 0.1) is 11.8 Å². The highest BCUT2D eigenvalue weighted by molar-refractivity contribution is 5.70. The first-order valence-corrected chi connectivity index (χ1v) is 4.40. The number of hydrogen-bond acceptors (Lipinski definition) is 2. The zero-order valence-corrected chi connectivity index (χ0v) is 7.62. The first kappa shape index (κ1) is 9.52. The normalized spacial score (nSPS) is 36.3. The van der Waals surface area contributed by atoms with Gasteiger partial charge < -0.3 is 9.84 Å². The minimum Gasteiger partial charge on any atom is -0.481 e. The fourth-order valence-electron chi connectivity index (χ4n) is 1.87. The summed E-state index contributed by atoms with van der Waals surface area (Å²) in [6.07, 6.45) is 2.57. The van der Waals surface area contributed by atoms with Crippen molar-refractivity contribution in [3.05, 3.63) is 0 Å². The van der Waals surface area contributed by atoms with E-state index in [9.17, 15) is 4.79 Å². The maximum Gasteiger partial charge on any atom is 0.309 e. The highest BCUT2D eigenvalue weighted by atomic mass is 16.5. The van der Waals surface area contributed by atoms with Crippen molar-refractivity contribution < 1.29 is 14.6 Å². The van der Waals surface area contributed by atoms with Crippen LogP contribution in [0.1, 0.15) is 26.2 Å². The Morgan fingerprint density at radius 1 is 1.50 bits per heavy atom. The fourth-order valence-corrected chi connectivity index (χ4v) is 1.87. The van der Waals surface area contributed by atoms with Crippen LogP contribution in [-0.4, -0.2) is 24.3 Å². The van der Waals surface area contributed by atoms with Crippen molar-refractivity contribution in [3.63, 3.8) is 0 Å². The lowest BCUT2D eigenvalue weighted by Gasteiger charge is -2.31. The standard InChI is InChI=1S/C9H16O3/c1-6-3-4-7(9(10)11)8(5-6)12-2/h6-8H,3-5H2,1-2H3,(H,10,11)/t6-,7+,8-/m0/s1. The second-order valence-electron chi connectivity index (χ2n) is 3.64. The summed E-state index contributed by atoms with van der Waals surface area (Å²) >= 11 is 0. The van der Waals surface area contributed by atoms with Gasteiger partial charge in [0.25, 0.3) is 0 Å². The third-order valence-electron chi connectivity index (χ3n) is 2.67. The lowest BCUT2D eigenvalue weighted by molar-refractivity contribution is -0.149. The van der Waals surface area contributed by atoms with Gasteiger partial charge in [-0.15, -0.1) is 0 Å². The number of carbonyl (C=O) groups is 1. The van der Waals surface area contributed by atoms with Crippen molar-refractivity contribution in [3.8, 4) is 0 Å². The topological polar surface area (TPSA) is 46.5 Å². The smallest absolute Gasteiger partial charge is 0.309 e. The Kier molecular flexibility index (Phi) is 3.09. The van der Waals surface area contributed by atoms with Crippen LogP contribution in [0.15, 0.2) is 0 Å². The van der Waals surface area contributed by atoms with E-state index in [4.69, 9.17) is 9.84 Å². The molecule has 0 saturated heterocycles. The summed E-state index contributed by atoms with van der Waals surface area (Å²) in [4.78, 5) is 10.8. The number of rotatable bonds is 2. The molecule has 1 aliphatic rings. The molecule has 0 aromatic rings. The van der Waals surface area contributed by atoms with Crippen molar-refractivity contribution >= 4 is 5.97 Å². The molecule has 0 radical (unpaired) electrons. The van der Waals surface area contributed by atoms with Gasteiger partial charge in [0.1, 0.15) is 0 Å². The van der Waals surface area contributed by atoms with Gasteiger partial charge in [0.2, 0.25) is 0 Å². The van der Waals surface area contributed by atoms with Gasteiger partial charge >= 0.3 is 5.97 Å². The van der Waals surface area contributed by atoms with E-state index in [0.29, 0.717) is 5.92 Å². The molecule has 3 atom stereocenters. The molecule has 0 aromatic heterocycles. The molecule has 0 bridgehead atoms. The average molecular weight is 172 g/mol. The van der Waals surface area contributed by atoms with Crippen LogP contribution >= 0.6 is 0 Å². The van der Waals surface area contributed by atoms with Gasteiger partial charge in [0.15, 0.2) is 0 Å². The predicted molar refractivity (Wildman–Crippen MR) is 44.9 cm³/mol. The Bertz CT molecular complexity index is 167. The van der Waals surface area contributed by atoms with Gasteiger partial charge in [-0.05, 0) is 25.2 Å². The van der Waals surface area contributed by atoms with E-state index in [2.05, 4.69) is 6.92 Å². The van der Waals surface area contributed by atoms with Crippen LogP contribution in [-0.2, 0) is 9.53 Å². The van der Waals surface area contributed by atoms with Crippen molar-refractivity contribution in [1.82, 2.24) is 0 Å². The monoisotopic (exact) mass is 172 g/mol. The second-order valence-corrected chi connectivity index (χ2v) is 3.64. The van der Waals surface area contributed by atoms with Gasteiger partial charge in [-0.2, -0.15) is 0 Å². The highest BCUT2D eigenvalue weighted by Crippen LogP contribution is 2.30. The Morgan fingerprint density at radius 2 is 2.17 bits per heavy atom. The van der Waals surface area contributed by atoms with Crippen LogP contribution in [0.5, 0.6) is 0 Å². The van der Waals surface area contributed by atoms with E-state index in [1.54, 1.807) is 7.11 Å². The molecule has 1 fully saturated rings. The van der Waals surface area contributed by atoms with Crippen molar-refractivity contribution in [2.24, 2.45) is 11.8 Å². The lowest BCUT2D eigenvalue weighted by Crippen LogP contribution is -2.35. The molecule has 70 valence electrons. The quantitative estimate of drug-likeness (QED) is 0.687. The van der Waals surface area contributed by atoms with Crippen molar-refractivity contribution in [2.45, 2.75) is 32.3 Å². The number of carboxylic acids is 1. The first-order valence-electron chi connectivity index (χ1n) is 4.40. The number of aliphatic carboxylic acids is 1. The first-order chi connectivity index (χ1) is 5.65. The molecule has 1 aliphatic carbocycles. The number of ether oxygens (including phenoxy) is 1. The maximum atomic E-state index is 10.8. The van der Waals surface area contributed by atoms with Gasteiger partial charge in [-0.3, -0.25) is 4.79 Å². The van der Waals surface area contributed by atoms with Gasteiger partial charge in [-0.1, -0.05) is 6.92 Å². The molecule has 3 nitrogen and oxygen atoms in total. The van der Waals surface area contributed by atoms with Crippen molar-refractivity contribution in [2.75, 3.05) is 7.11 Å². The van der Waals surface area contributed by atoms with E-state index in [1.165, 1.54) is 0 Å². The van der Waals surface area contributed by atoms with Gasteiger partial charge in [-0.25, -0.2) is 0 Å². The fraction of sp³-hybridized carbons (Fsp3) is 0.889. The maximum absolute atomic E-state index is 10.8. The summed E-state index contributed by atoms with van der Waals surface area (Å²) in [5.41, 5.74) is 0. The molecule has 0 aliphatic heterocycles. The molecular weight excluding hydrogens is 156 g/mol. The van der Waals surface area contributed by atoms with Crippen LogP contribution < -0.4 is 0 Å². The molecule has 0 unspecified atom stereocenters. The average Bonchev–Trinajstić information content (AvgIpc) is 2.03. The Labute approximate surface area is 72.7 Å². The minimum atomic E-state index is -0.714. The lowest BCUT2D eigenvalue weighted by atomic mass is 9.81. The summed E-state index contributed by atoms with van der Waals surface area (Å²) in [5, 5.41) is 8.85. The molecular formula is C9H16O3. The number of hydrogen-bond donors (Lipinski definition) is 1. The molecule has 0 amide bonds. The summed E-state index contributed by atoms with van der Waals surface area (Å²) in [6.45, 7) is 2.14. The minimum absolute atomic E-state index is 0.0775. The largest absolute Gasteiger partial charge is 0.481 e. The van der Waals surface area contributed by atoms with E-state index in [-0.39, 0.29) is 12.0 Å². The molecule has 12 heavy (non-hydrogen) atoms. The van der Waals surface area contributed by atoms with Gasteiger partial charge in [0.05, 0.1) is 12.0 Å². The van der Waals surface area contributed by atoms with Gasteiger partial charge in [0, 0.05) is 7.11 Å². The molecule has 1 saturated carbocycles. The van der Waals surface area contributed by atoms with E-state index in [1.807, 2.05) is 0 Å². The van der Waals surface area contributed by atoms with Crippen LogP contribution in [0.4, 0.5) is 0 Å². The molecule has 0 heterocycles. The third-order valence-corrected chi connectivity index (χ3v) is 2.67. The van der Waals surface area contributed by atoms with E-state index in [0.717, 1.165) is 19.3 Å². The number of methoxy groups -OCH3 is 1. The molecule has 0 spiro atoms. The highest BCUT2D eigenvalue weighted by Gasteiger charge is 2.33. The summed E-state index contributed by atoms with van der Waals surface area (Å²) in [5.74, 6) is -0.398. The predicted octanol–water partition coefficient (Wildman–Crippen LogP) is 1.52. The summed E-state index contributed by atoms with van der Waals surface area (Å²) < 4.78 is 5.15. The molecule has 1 N–H and O–H groups in total. The Hall–Kier alpha value is -0.570. The third kappa shape index (κ3) is 1.97.